The summed E-state index contributed by atoms with van der Waals surface area (Å²) < 4.78 is 11.7. The van der Waals surface area contributed by atoms with E-state index in [0.717, 1.165) is 30.6 Å². The summed E-state index contributed by atoms with van der Waals surface area (Å²) in [5, 5.41) is 3.46. The molecule has 1 fully saturated rings. The molecule has 0 amide bonds. The van der Waals surface area contributed by atoms with Gasteiger partial charge < -0.3 is 14.5 Å². The lowest BCUT2D eigenvalue weighted by molar-refractivity contribution is 0.0763. The summed E-state index contributed by atoms with van der Waals surface area (Å²) in [6.45, 7) is 10.9. The summed E-state index contributed by atoms with van der Waals surface area (Å²) in [5.74, 6) is 2.75. The molecule has 3 heteroatoms. The van der Waals surface area contributed by atoms with Gasteiger partial charge in [-0.15, -0.1) is 0 Å². The molecule has 1 aromatic heterocycles. The van der Waals surface area contributed by atoms with Crippen LogP contribution in [0.3, 0.4) is 0 Å². The van der Waals surface area contributed by atoms with Gasteiger partial charge in [-0.3, -0.25) is 0 Å². The van der Waals surface area contributed by atoms with Gasteiger partial charge in [0.2, 0.25) is 0 Å². The maximum Gasteiger partial charge on any atom is 0.130 e. The van der Waals surface area contributed by atoms with E-state index in [4.69, 9.17) is 9.15 Å². The van der Waals surface area contributed by atoms with E-state index in [2.05, 4.69) is 39.1 Å². The van der Waals surface area contributed by atoms with Gasteiger partial charge in [0.05, 0.1) is 6.54 Å². The number of ether oxygens (including phenoxy) is 1. The van der Waals surface area contributed by atoms with Gasteiger partial charge in [-0.2, -0.15) is 0 Å². The Morgan fingerprint density at radius 3 is 2.65 bits per heavy atom. The van der Waals surface area contributed by atoms with Crippen LogP contribution in [0.15, 0.2) is 10.5 Å². The molecule has 0 aliphatic heterocycles. The molecule has 1 aliphatic rings. The third-order valence-electron chi connectivity index (χ3n) is 3.92. The molecule has 0 radical (unpaired) electrons. The third-order valence-corrected chi connectivity index (χ3v) is 3.92. The predicted octanol–water partition coefficient (Wildman–Crippen LogP) is 4.18. The Morgan fingerprint density at radius 2 is 2.00 bits per heavy atom. The minimum atomic E-state index is 0.109. The highest BCUT2D eigenvalue weighted by molar-refractivity contribution is 5.19. The molecule has 0 atom stereocenters. The van der Waals surface area contributed by atoms with Gasteiger partial charge in [0.1, 0.15) is 18.1 Å². The molecule has 0 bridgehead atoms. The maximum absolute atomic E-state index is 5.89. The normalized spacial score (nSPS) is 17.0. The second kappa shape index (κ2) is 6.77. The second-order valence-corrected chi connectivity index (χ2v) is 7.09. The van der Waals surface area contributed by atoms with Crippen molar-refractivity contribution >= 4 is 0 Å². The lowest BCUT2D eigenvalue weighted by Gasteiger charge is -2.19. The molecule has 2 rings (SSSR count). The van der Waals surface area contributed by atoms with Crippen LogP contribution in [0.1, 0.15) is 63.5 Å². The van der Waals surface area contributed by atoms with Gasteiger partial charge in [-0.05, 0) is 58.1 Å². The van der Waals surface area contributed by atoms with E-state index >= 15 is 0 Å². The van der Waals surface area contributed by atoms with Gasteiger partial charge in [0.15, 0.2) is 0 Å². The molecule has 20 heavy (non-hydrogen) atoms. The van der Waals surface area contributed by atoms with Crippen molar-refractivity contribution in [2.45, 2.75) is 72.1 Å². The summed E-state index contributed by atoms with van der Waals surface area (Å²) in [4.78, 5) is 0. The Hall–Kier alpha value is -0.800. The lowest BCUT2D eigenvalue weighted by Crippen LogP contribution is -2.35. The van der Waals surface area contributed by atoms with E-state index in [1.807, 2.05) is 0 Å². The fraction of sp³-hybridized carbons (Fsp3) is 0.765. The van der Waals surface area contributed by atoms with Crippen molar-refractivity contribution in [2.24, 2.45) is 5.92 Å². The topological polar surface area (TPSA) is 34.4 Å². The van der Waals surface area contributed by atoms with Crippen molar-refractivity contribution in [2.75, 3.05) is 6.61 Å². The summed E-state index contributed by atoms with van der Waals surface area (Å²) in [7, 11) is 0. The van der Waals surface area contributed by atoms with Gasteiger partial charge >= 0.3 is 0 Å². The highest BCUT2D eigenvalue weighted by Crippen LogP contribution is 2.25. The number of hydrogen-bond donors (Lipinski definition) is 1. The van der Waals surface area contributed by atoms with Crippen LogP contribution in [0.2, 0.25) is 0 Å². The highest BCUT2D eigenvalue weighted by atomic mass is 16.5. The van der Waals surface area contributed by atoms with Crippen molar-refractivity contribution in [1.29, 1.82) is 0 Å². The first-order valence-corrected chi connectivity index (χ1v) is 7.85. The van der Waals surface area contributed by atoms with Gasteiger partial charge in [0.25, 0.3) is 0 Å². The van der Waals surface area contributed by atoms with Crippen LogP contribution in [-0.2, 0) is 17.9 Å². The number of aryl methyl sites for hydroxylation is 1. The van der Waals surface area contributed by atoms with Crippen LogP contribution in [0.5, 0.6) is 0 Å². The molecule has 0 unspecified atom stereocenters. The summed E-state index contributed by atoms with van der Waals surface area (Å²) in [6.07, 6.45) is 5.41. The fourth-order valence-electron chi connectivity index (χ4n) is 2.69. The first kappa shape index (κ1) is 15.6. The molecule has 0 aromatic carbocycles. The highest BCUT2D eigenvalue weighted by Gasteiger charge is 2.16. The van der Waals surface area contributed by atoms with Crippen LogP contribution in [0, 0.1) is 12.8 Å². The van der Waals surface area contributed by atoms with Crippen LogP contribution >= 0.6 is 0 Å². The van der Waals surface area contributed by atoms with E-state index < -0.39 is 0 Å². The zero-order chi connectivity index (χ0) is 14.6. The van der Waals surface area contributed by atoms with Gasteiger partial charge in [-0.1, -0.05) is 12.8 Å². The SMILES string of the molecule is Cc1cc(COCC2CCCC2)oc1CNC(C)(C)C. The standard InChI is InChI=1S/C17H29NO2/c1-13-9-15(12-19-11-14-7-5-6-8-14)20-16(13)10-18-17(2,3)4/h9,14,18H,5-8,10-12H2,1-4H3. The fourth-order valence-corrected chi connectivity index (χ4v) is 2.69. The van der Waals surface area contributed by atoms with Crippen LogP contribution < -0.4 is 5.32 Å². The Labute approximate surface area is 123 Å². The maximum atomic E-state index is 5.89. The summed E-state index contributed by atoms with van der Waals surface area (Å²) >= 11 is 0. The molecule has 0 saturated heterocycles. The molecule has 1 heterocycles. The minimum absolute atomic E-state index is 0.109. The molecule has 1 aromatic rings. The monoisotopic (exact) mass is 279 g/mol. The van der Waals surface area contributed by atoms with Crippen molar-refractivity contribution in [3.05, 3.63) is 23.2 Å². The van der Waals surface area contributed by atoms with E-state index in [1.165, 1.54) is 31.2 Å². The molecule has 1 aliphatic carbocycles. The Morgan fingerprint density at radius 1 is 1.30 bits per heavy atom. The van der Waals surface area contributed by atoms with Crippen LogP contribution in [-0.4, -0.2) is 12.1 Å². The molecule has 0 spiro atoms. The third kappa shape index (κ3) is 4.95. The van der Waals surface area contributed by atoms with E-state index in [1.54, 1.807) is 0 Å². The number of rotatable bonds is 6. The van der Waals surface area contributed by atoms with Crippen molar-refractivity contribution < 1.29 is 9.15 Å². The quantitative estimate of drug-likeness (QED) is 0.848. The molecule has 3 nitrogen and oxygen atoms in total. The molecule has 114 valence electrons. The van der Waals surface area contributed by atoms with E-state index in [0.29, 0.717) is 6.61 Å². The van der Waals surface area contributed by atoms with E-state index in [9.17, 15) is 0 Å². The van der Waals surface area contributed by atoms with E-state index in [-0.39, 0.29) is 5.54 Å². The first-order chi connectivity index (χ1) is 9.44. The summed E-state index contributed by atoms with van der Waals surface area (Å²) in [6, 6.07) is 2.11. The Bertz CT molecular complexity index is 411. The lowest BCUT2D eigenvalue weighted by atomic mass is 10.1. The molecular formula is C17H29NO2. The Kier molecular flexibility index (Phi) is 5.28. The molecule has 1 N–H and O–H groups in total. The minimum Gasteiger partial charge on any atom is -0.462 e. The first-order valence-electron chi connectivity index (χ1n) is 7.85. The number of hydrogen-bond acceptors (Lipinski definition) is 3. The molecular weight excluding hydrogens is 250 g/mol. The Balaban J connectivity index is 1.77. The van der Waals surface area contributed by atoms with Crippen LogP contribution in [0.4, 0.5) is 0 Å². The zero-order valence-electron chi connectivity index (χ0n) is 13.4. The van der Waals surface area contributed by atoms with Crippen molar-refractivity contribution in [3.8, 4) is 0 Å². The number of nitrogens with one attached hydrogen (secondary N) is 1. The zero-order valence-corrected chi connectivity index (χ0v) is 13.4. The summed E-state index contributed by atoms with van der Waals surface area (Å²) in [5.41, 5.74) is 1.32. The van der Waals surface area contributed by atoms with Crippen molar-refractivity contribution in [3.63, 3.8) is 0 Å². The average Bonchev–Trinajstić information content (AvgIpc) is 2.96. The second-order valence-electron chi connectivity index (χ2n) is 7.09. The largest absolute Gasteiger partial charge is 0.462 e. The van der Waals surface area contributed by atoms with Crippen LogP contribution in [0.25, 0.3) is 0 Å². The molecule has 1 saturated carbocycles. The predicted molar refractivity (Wildman–Crippen MR) is 81.7 cm³/mol. The average molecular weight is 279 g/mol. The number of furan rings is 1. The van der Waals surface area contributed by atoms with Crippen molar-refractivity contribution in [1.82, 2.24) is 5.32 Å². The van der Waals surface area contributed by atoms with Gasteiger partial charge in [0, 0.05) is 12.1 Å². The van der Waals surface area contributed by atoms with Gasteiger partial charge in [-0.25, -0.2) is 0 Å². The smallest absolute Gasteiger partial charge is 0.130 e.